The molecule has 0 fully saturated rings. The van der Waals surface area contributed by atoms with Crippen LogP contribution in [0.1, 0.15) is 11.1 Å². The molecule has 0 saturated carbocycles. The smallest absolute Gasteiger partial charge is 0.238 e. The molecule has 0 radical (unpaired) electrons. The van der Waals surface area contributed by atoms with Crippen LogP contribution in [0.4, 0.5) is 5.69 Å². The molecule has 0 atom stereocenters. The second-order valence-corrected chi connectivity index (χ2v) is 7.28. The Labute approximate surface area is 170 Å². The Morgan fingerprint density at radius 3 is 2.59 bits per heavy atom. The highest BCUT2D eigenvalue weighted by Gasteiger charge is 2.10. The maximum absolute atomic E-state index is 12.5. The van der Waals surface area contributed by atoms with E-state index in [1.165, 1.54) is 5.56 Å². The zero-order valence-electron chi connectivity index (χ0n) is 16.5. The first-order valence-electron chi connectivity index (χ1n) is 9.69. The van der Waals surface area contributed by atoms with Crippen molar-refractivity contribution in [1.82, 2.24) is 14.7 Å². The lowest BCUT2D eigenvalue weighted by Gasteiger charge is -2.16. The standard InChI is InChI=1S/C24H24N4O/c1-27(15-20-14-25-28(17-20)16-19-8-3-2-4-9-19)18-24(29)26-23-13-7-11-21-10-5-6-12-22(21)23/h2-14,17H,15-16,18H2,1H3,(H,26,29). The number of nitrogens with one attached hydrogen (secondary N) is 1. The average molecular weight is 384 g/mol. The largest absolute Gasteiger partial charge is 0.324 e. The van der Waals surface area contributed by atoms with Gasteiger partial charge in [0.05, 0.1) is 19.3 Å². The van der Waals surface area contributed by atoms with Crippen LogP contribution in [0.2, 0.25) is 0 Å². The van der Waals surface area contributed by atoms with Crippen LogP contribution in [-0.2, 0) is 17.9 Å². The van der Waals surface area contributed by atoms with Gasteiger partial charge in [0.2, 0.25) is 5.91 Å². The van der Waals surface area contributed by atoms with E-state index in [0.29, 0.717) is 13.1 Å². The van der Waals surface area contributed by atoms with Gasteiger partial charge in [0.1, 0.15) is 0 Å². The van der Waals surface area contributed by atoms with Gasteiger partial charge in [-0.05, 0) is 24.1 Å². The zero-order chi connectivity index (χ0) is 20.1. The summed E-state index contributed by atoms with van der Waals surface area (Å²) in [6.07, 6.45) is 3.90. The van der Waals surface area contributed by atoms with E-state index in [9.17, 15) is 4.79 Å². The fourth-order valence-electron chi connectivity index (χ4n) is 3.48. The highest BCUT2D eigenvalue weighted by molar-refractivity contribution is 6.02. The van der Waals surface area contributed by atoms with Crippen molar-refractivity contribution in [3.05, 3.63) is 96.3 Å². The monoisotopic (exact) mass is 384 g/mol. The first kappa shape index (κ1) is 18.9. The molecule has 1 heterocycles. The van der Waals surface area contributed by atoms with Crippen LogP contribution >= 0.6 is 0 Å². The molecule has 0 aliphatic carbocycles. The molecule has 0 aliphatic rings. The molecule has 4 rings (SSSR count). The summed E-state index contributed by atoms with van der Waals surface area (Å²) in [7, 11) is 1.94. The number of carbonyl (C=O) groups excluding carboxylic acids is 1. The van der Waals surface area contributed by atoms with Gasteiger partial charge in [-0.15, -0.1) is 0 Å². The van der Waals surface area contributed by atoms with E-state index in [1.807, 2.05) is 89.7 Å². The van der Waals surface area contributed by atoms with Gasteiger partial charge in [-0.3, -0.25) is 14.4 Å². The molecule has 0 unspecified atom stereocenters. The minimum absolute atomic E-state index is 0.0273. The van der Waals surface area contributed by atoms with Crippen LogP contribution < -0.4 is 5.32 Å². The fourth-order valence-corrected chi connectivity index (χ4v) is 3.48. The van der Waals surface area contributed by atoms with Crippen LogP contribution in [0.15, 0.2) is 85.2 Å². The molecule has 5 nitrogen and oxygen atoms in total. The Bertz CT molecular complexity index is 1100. The van der Waals surface area contributed by atoms with Gasteiger partial charge in [0, 0.05) is 29.4 Å². The van der Waals surface area contributed by atoms with Crippen molar-refractivity contribution >= 4 is 22.4 Å². The maximum atomic E-state index is 12.5. The number of hydrogen-bond donors (Lipinski definition) is 1. The summed E-state index contributed by atoms with van der Waals surface area (Å²) >= 11 is 0. The topological polar surface area (TPSA) is 50.2 Å². The van der Waals surface area contributed by atoms with E-state index in [4.69, 9.17) is 0 Å². The number of hydrogen-bond acceptors (Lipinski definition) is 3. The Morgan fingerprint density at radius 2 is 1.72 bits per heavy atom. The Morgan fingerprint density at radius 1 is 0.966 bits per heavy atom. The molecule has 0 saturated heterocycles. The number of anilines is 1. The summed E-state index contributed by atoms with van der Waals surface area (Å²) in [5, 5.41) is 9.64. The molecule has 4 aromatic rings. The molecule has 29 heavy (non-hydrogen) atoms. The van der Waals surface area contributed by atoms with Crippen molar-refractivity contribution in [2.45, 2.75) is 13.1 Å². The van der Waals surface area contributed by atoms with Crippen LogP contribution in [0, 0.1) is 0 Å². The lowest BCUT2D eigenvalue weighted by molar-refractivity contribution is -0.117. The summed E-state index contributed by atoms with van der Waals surface area (Å²) in [4.78, 5) is 14.5. The van der Waals surface area contributed by atoms with Gasteiger partial charge in [-0.25, -0.2) is 0 Å². The van der Waals surface area contributed by atoms with Crippen LogP contribution in [0.25, 0.3) is 10.8 Å². The average Bonchev–Trinajstić information content (AvgIpc) is 3.15. The van der Waals surface area contributed by atoms with E-state index >= 15 is 0 Å². The molecule has 0 aliphatic heterocycles. The minimum atomic E-state index is -0.0273. The van der Waals surface area contributed by atoms with Crippen molar-refractivity contribution < 1.29 is 4.79 Å². The summed E-state index contributed by atoms with van der Waals surface area (Å²) in [5.74, 6) is -0.0273. The van der Waals surface area contributed by atoms with Crippen LogP contribution in [-0.4, -0.2) is 34.2 Å². The van der Waals surface area contributed by atoms with Gasteiger partial charge in [-0.1, -0.05) is 66.7 Å². The number of likely N-dealkylation sites (N-methyl/N-ethyl adjacent to an activating group) is 1. The molecule has 1 N–H and O–H groups in total. The second kappa shape index (κ2) is 8.71. The Balaban J connectivity index is 1.33. The number of fused-ring (bicyclic) bond motifs is 1. The predicted octanol–water partition coefficient (Wildman–Crippen LogP) is 4.16. The summed E-state index contributed by atoms with van der Waals surface area (Å²) in [6, 6.07) is 24.2. The SMILES string of the molecule is CN(CC(=O)Nc1cccc2ccccc12)Cc1cnn(Cc2ccccc2)c1. The molecule has 5 heteroatoms. The highest BCUT2D eigenvalue weighted by atomic mass is 16.2. The Kier molecular flexibility index (Phi) is 5.68. The van der Waals surface area contributed by atoms with Gasteiger partial charge in [0.25, 0.3) is 0 Å². The summed E-state index contributed by atoms with van der Waals surface area (Å²) in [6.45, 7) is 1.72. The van der Waals surface area contributed by atoms with Crippen molar-refractivity contribution in [2.24, 2.45) is 0 Å². The van der Waals surface area contributed by atoms with Crippen LogP contribution in [0.5, 0.6) is 0 Å². The van der Waals surface area contributed by atoms with E-state index in [2.05, 4.69) is 22.5 Å². The molecule has 3 aromatic carbocycles. The van der Waals surface area contributed by atoms with Gasteiger partial charge in [0.15, 0.2) is 0 Å². The van der Waals surface area contributed by atoms with Gasteiger partial charge in [-0.2, -0.15) is 5.10 Å². The molecule has 146 valence electrons. The lowest BCUT2D eigenvalue weighted by atomic mass is 10.1. The van der Waals surface area contributed by atoms with E-state index in [1.54, 1.807) is 0 Å². The second-order valence-electron chi connectivity index (χ2n) is 7.28. The molecular weight excluding hydrogens is 360 g/mol. The van der Waals surface area contributed by atoms with E-state index < -0.39 is 0 Å². The lowest BCUT2D eigenvalue weighted by Crippen LogP contribution is -2.29. The maximum Gasteiger partial charge on any atom is 0.238 e. The summed E-state index contributed by atoms with van der Waals surface area (Å²) in [5.41, 5.74) is 3.14. The predicted molar refractivity (Wildman–Crippen MR) is 117 cm³/mol. The normalized spacial score (nSPS) is 11.1. The van der Waals surface area contributed by atoms with Crippen LogP contribution in [0.3, 0.4) is 0 Å². The highest BCUT2D eigenvalue weighted by Crippen LogP contribution is 2.22. The van der Waals surface area contributed by atoms with Crippen molar-refractivity contribution in [2.75, 3.05) is 18.9 Å². The molecule has 0 spiro atoms. The van der Waals surface area contributed by atoms with Crippen molar-refractivity contribution in [3.8, 4) is 0 Å². The minimum Gasteiger partial charge on any atom is -0.324 e. The third kappa shape index (κ3) is 4.89. The van der Waals surface area contributed by atoms with Gasteiger partial charge >= 0.3 is 0 Å². The molecule has 0 bridgehead atoms. The molecule has 1 aromatic heterocycles. The third-order valence-corrected chi connectivity index (χ3v) is 4.80. The first-order valence-corrected chi connectivity index (χ1v) is 9.69. The van der Waals surface area contributed by atoms with Gasteiger partial charge < -0.3 is 5.32 Å². The van der Waals surface area contributed by atoms with Crippen molar-refractivity contribution in [1.29, 1.82) is 0 Å². The number of aromatic nitrogens is 2. The van der Waals surface area contributed by atoms with E-state index in [-0.39, 0.29) is 5.91 Å². The van der Waals surface area contributed by atoms with E-state index in [0.717, 1.165) is 28.6 Å². The molecule has 1 amide bonds. The third-order valence-electron chi connectivity index (χ3n) is 4.80. The fraction of sp³-hybridized carbons (Fsp3) is 0.167. The number of amides is 1. The summed E-state index contributed by atoms with van der Waals surface area (Å²) < 4.78 is 1.93. The zero-order valence-corrected chi connectivity index (χ0v) is 16.5. The Hall–Kier alpha value is -3.44. The first-order chi connectivity index (χ1) is 14.2. The molecular formula is C24H24N4O. The van der Waals surface area contributed by atoms with Crippen molar-refractivity contribution in [3.63, 3.8) is 0 Å². The number of rotatable bonds is 7. The number of benzene rings is 3. The number of carbonyl (C=O) groups is 1. The quantitative estimate of drug-likeness (QED) is 0.521. The number of nitrogens with zero attached hydrogens (tertiary/aromatic N) is 3.